The fourth-order valence-electron chi connectivity index (χ4n) is 1.11. The molecule has 0 aromatic carbocycles. The molecule has 5 heteroatoms. The van der Waals surface area contributed by atoms with Gasteiger partial charge >= 0.3 is 7.12 Å². The highest BCUT2D eigenvalue weighted by Crippen LogP contribution is 2.11. The maximum atomic E-state index is 5.49. The molecule has 0 aliphatic carbocycles. The first-order valence-corrected chi connectivity index (χ1v) is 5.80. The average Bonchev–Trinajstić information content (AvgIpc) is 2.53. The van der Waals surface area contributed by atoms with Crippen molar-refractivity contribution in [2.45, 2.75) is 6.42 Å². The predicted octanol–water partition coefficient (Wildman–Crippen LogP) is 1.48. The van der Waals surface area contributed by atoms with E-state index in [4.69, 9.17) is 9.31 Å². The minimum atomic E-state index is -0.106. The number of rotatable bonds is 1. The maximum absolute atomic E-state index is 5.49. The molecular weight excluding hydrogens is 286 g/mol. The van der Waals surface area contributed by atoms with Crippen molar-refractivity contribution in [2.75, 3.05) is 13.2 Å². The number of halogens is 1. The van der Waals surface area contributed by atoms with Crippen LogP contribution in [0.5, 0.6) is 0 Å². The van der Waals surface area contributed by atoms with E-state index in [0.29, 0.717) is 0 Å². The van der Waals surface area contributed by atoms with Gasteiger partial charge in [-0.1, -0.05) is 0 Å². The van der Waals surface area contributed by atoms with E-state index in [1.54, 1.807) is 11.3 Å². The highest BCUT2D eigenvalue weighted by molar-refractivity contribution is 14.1. The summed E-state index contributed by atoms with van der Waals surface area (Å²) in [5.41, 5.74) is 0. The Labute approximate surface area is 89.5 Å². The molecule has 1 aromatic rings. The Morgan fingerprint density at radius 2 is 2.17 bits per heavy atom. The quantitative estimate of drug-likeness (QED) is 0.577. The first-order chi connectivity index (χ1) is 5.88. The van der Waals surface area contributed by atoms with Gasteiger partial charge in [0.25, 0.3) is 0 Å². The number of hydrogen-bond acceptors (Lipinski definition) is 3. The first-order valence-electron chi connectivity index (χ1n) is 3.84. The summed E-state index contributed by atoms with van der Waals surface area (Å²) in [5, 5.41) is 2.07. The van der Waals surface area contributed by atoms with E-state index < -0.39 is 0 Å². The standard InChI is InChI=1S/C7H8BIO2S/c9-6-2-5-12-7(6)8-10-3-1-4-11-8/h2,5H,1,3-4H2. The second-order valence-electron chi connectivity index (χ2n) is 2.56. The Hall–Kier alpha value is 0.415. The zero-order valence-electron chi connectivity index (χ0n) is 6.46. The molecule has 1 aromatic heterocycles. The molecule has 0 unspecified atom stereocenters. The predicted molar refractivity (Wildman–Crippen MR) is 58.9 cm³/mol. The van der Waals surface area contributed by atoms with Gasteiger partial charge in [-0.25, -0.2) is 0 Å². The lowest BCUT2D eigenvalue weighted by atomic mass is 9.86. The van der Waals surface area contributed by atoms with Gasteiger partial charge in [-0.2, -0.15) is 11.3 Å². The monoisotopic (exact) mass is 294 g/mol. The molecule has 0 atom stereocenters. The van der Waals surface area contributed by atoms with Gasteiger partial charge in [-0.05, 0) is 40.5 Å². The average molecular weight is 294 g/mol. The third-order valence-electron chi connectivity index (χ3n) is 1.69. The van der Waals surface area contributed by atoms with Gasteiger partial charge < -0.3 is 9.31 Å². The van der Waals surface area contributed by atoms with Gasteiger partial charge in [0.2, 0.25) is 0 Å². The molecule has 0 saturated carbocycles. The Morgan fingerprint density at radius 1 is 1.42 bits per heavy atom. The Balaban J connectivity index is 2.13. The third-order valence-corrected chi connectivity index (χ3v) is 3.93. The van der Waals surface area contributed by atoms with Gasteiger partial charge in [0, 0.05) is 21.6 Å². The van der Waals surface area contributed by atoms with Crippen LogP contribution in [-0.4, -0.2) is 20.3 Å². The van der Waals surface area contributed by atoms with Crippen LogP contribution >= 0.6 is 33.9 Å². The molecule has 2 rings (SSSR count). The molecule has 0 amide bonds. The van der Waals surface area contributed by atoms with Crippen molar-refractivity contribution in [3.05, 3.63) is 15.0 Å². The minimum absolute atomic E-state index is 0.106. The third kappa shape index (κ3) is 1.84. The van der Waals surface area contributed by atoms with E-state index in [2.05, 4.69) is 34.0 Å². The molecular formula is C7H8BIO2S. The lowest BCUT2D eigenvalue weighted by Crippen LogP contribution is -2.40. The molecule has 0 bridgehead atoms. The van der Waals surface area contributed by atoms with E-state index in [-0.39, 0.29) is 7.12 Å². The Bertz CT molecular complexity index is 260. The topological polar surface area (TPSA) is 18.5 Å². The van der Waals surface area contributed by atoms with Gasteiger partial charge in [-0.15, -0.1) is 0 Å². The summed E-state index contributed by atoms with van der Waals surface area (Å²) < 4.78 is 13.4. The lowest BCUT2D eigenvalue weighted by molar-refractivity contribution is 0.144. The van der Waals surface area contributed by atoms with E-state index in [9.17, 15) is 0 Å². The fourth-order valence-corrected chi connectivity index (χ4v) is 2.95. The SMILES string of the molecule is Ic1ccsc1B1OCCCO1. The Kier molecular flexibility index (Phi) is 3.06. The van der Waals surface area contributed by atoms with Crippen LogP contribution in [0, 0.1) is 3.57 Å². The van der Waals surface area contributed by atoms with Crippen molar-refractivity contribution < 1.29 is 9.31 Å². The smallest absolute Gasteiger partial charge is 0.407 e. The van der Waals surface area contributed by atoms with Crippen LogP contribution in [0.15, 0.2) is 11.4 Å². The molecule has 0 radical (unpaired) electrons. The van der Waals surface area contributed by atoms with Crippen LogP contribution in [0.4, 0.5) is 0 Å². The van der Waals surface area contributed by atoms with E-state index in [1.807, 2.05) is 0 Å². The van der Waals surface area contributed by atoms with E-state index in [1.165, 1.54) is 8.35 Å². The largest absolute Gasteiger partial charge is 0.505 e. The summed E-state index contributed by atoms with van der Waals surface area (Å²) in [7, 11) is -0.106. The highest BCUT2D eigenvalue weighted by Gasteiger charge is 2.27. The molecule has 2 heterocycles. The molecule has 64 valence electrons. The second kappa shape index (κ2) is 4.08. The maximum Gasteiger partial charge on any atom is 0.505 e. The highest BCUT2D eigenvalue weighted by atomic mass is 127. The van der Waals surface area contributed by atoms with Crippen LogP contribution < -0.4 is 4.78 Å². The molecule has 0 N–H and O–H groups in total. The zero-order valence-corrected chi connectivity index (χ0v) is 9.43. The van der Waals surface area contributed by atoms with Gasteiger partial charge in [0.05, 0.1) is 0 Å². The van der Waals surface area contributed by atoms with Crippen molar-refractivity contribution in [2.24, 2.45) is 0 Å². The van der Waals surface area contributed by atoms with Crippen LogP contribution in [0.3, 0.4) is 0 Å². The summed E-state index contributed by atoms with van der Waals surface area (Å²) in [6.45, 7) is 1.64. The first kappa shape index (κ1) is 8.99. The molecule has 1 aliphatic rings. The molecule has 12 heavy (non-hydrogen) atoms. The second-order valence-corrected chi connectivity index (χ2v) is 4.67. The molecule has 1 saturated heterocycles. The van der Waals surface area contributed by atoms with E-state index in [0.717, 1.165) is 19.6 Å². The molecule has 2 nitrogen and oxygen atoms in total. The minimum Gasteiger partial charge on any atom is -0.407 e. The van der Waals surface area contributed by atoms with Gasteiger partial charge in [-0.3, -0.25) is 0 Å². The number of hydrogen-bond donors (Lipinski definition) is 0. The summed E-state index contributed by atoms with van der Waals surface area (Å²) in [4.78, 5) is 0. The lowest BCUT2D eigenvalue weighted by Gasteiger charge is -2.18. The molecule has 1 fully saturated rings. The summed E-state index contributed by atoms with van der Waals surface area (Å²) in [6, 6.07) is 2.09. The van der Waals surface area contributed by atoms with E-state index >= 15 is 0 Å². The number of thiophene rings is 1. The van der Waals surface area contributed by atoms with Crippen LogP contribution in [0.25, 0.3) is 0 Å². The summed E-state index contributed by atoms with van der Waals surface area (Å²) >= 11 is 4.01. The van der Waals surface area contributed by atoms with Crippen molar-refractivity contribution in [3.63, 3.8) is 0 Å². The van der Waals surface area contributed by atoms with Gasteiger partial charge in [0.1, 0.15) is 0 Å². The van der Waals surface area contributed by atoms with Gasteiger partial charge in [0.15, 0.2) is 0 Å². The normalized spacial score (nSPS) is 18.2. The molecule has 1 aliphatic heterocycles. The zero-order chi connectivity index (χ0) is 8.39. The fraction of sp³-hybridized carbons (Fsp3) is 0.429. The molecule has 0 spiro atoms. The summed E-state index contributed by atoms with van der Waals surface area (Å²) in [6.07, 6.45) is 1.01. The Morgan fingerprint density at radius 3 is 2.75 bits per heavy atom. The van der Waals surface area contributed by atoms with Crippen LogP contribution in [0.1, 0.15) is 6.42 Å². The van der Waals surface area contributed by atoms with Crippen molar-refractivity contribution in [1.29, 1.82) is 0 Å². The van der Waals surface area contributed by atoms with Crippen molar-refractivity contribution >= 4 is 45.8 Å². The van der Waals surface area contributed by atoms with Crippen molar-refractivity contribution in [1.82, 2.24) is 0 Å². The van der Waals surface area contributed by atoms with Crippen LogP contribution in [-0.2, 0) is 9.31 Å². The summed E-state index contributed by atoms with van der Waals surface area (Å²) in [5.74, 6) is 0. The van der Waals surface area contributed by atoms with Crippen molar-refractivity contribution in [3.8, 4) is 0 Å². The van der Waals surface area contributed by atoms with Crippen LogP contribution in [0.2, 0.25) is 0 Å².